The van der Waals surface area contributed by atoms with Crippen LogP contribution in [0.1, 0.15) is 49.2 Å². The number of unbranched alkanes of at least 4 members (excludes halogenated alkanes) is 1. The van der Waals surface area contributed by atoms with Crippen molar-refractivity contribution < 1.29 is 9.59 Å². The first-order valence-corrected chi connectivity index (χ1v) is 10.1. The fraction of sp³-hybridized carbons (Fsp3) is 0.526. The lowest BCUT2D eigenvalue weighted by Crippen LogP contribution is -2.43. The molecule has 140 valence electrons. The molecule has 0 saturated carbocycles. The number of thiophene rings is 1. The van der Waals surface area contributed by atoms with E-state index in [1.807, 2.05) is 27.1 Å². The predicted molar refractivity (Wildman–Crippen MR) is 102 cm³/mol. The van der Waals surface area contributed by atoms with Crippen LogP contribution in [0.3, 0.4) is 0 Å². The lowest BCUT2D eigenvalue weighted by Gasteiger charge is -2.33. The Morgan fingerprint density at radius 1 is 1.38 bits per heavy atom. The number of nitrogens with one attached hydrogen (secondary N) is 1. The van der Waals surface area contributed by atoms with Crippen molar-refractivity contribution in [3.8, 4) is 0 Å². The van der Waals surface area contributed by atoms with Crippen molar-refractivity contribution >= 4 is 23.2 Å². The van der Waals surface area contributed by atoms with Crippen LogP contribution >= 0.6 is 11.3 Å². The van der Waals surface area contributed by atoms with Gasteiger partial charge in [-0.1, -0.05) is 19.4 Å². The molecule has 1 atom stereocenters. The molecule has 0 bridgehead atoms. The number of carbonyl (C=O) groups excluding carboxylic acids is 2. The van der Waals surface area contributed by atoms with Gasteiger partial charge in [0.2, 0.25) is 11.8 Å². The van der Waals surface area contributed by atoms with Gasteiger partial charge in [0.25, 0.3) is 0 Å². The van der Waals surface area contributed by atoms with Gasteiger partial charge in [-0.2, -0.15) is 5.10 Å². The average molecular weight is 375 g/mol. The Labute approximate surface area is 158 Å². The van der Waals surface area contributed by atoms with Crippen molar-refractivity contribution in [2.24, 2.45) is 0 Å². The summed E-state index contributed by atoms with van der Waals surface area (Å²) in [6, 6.07) is 5.93. The second kappa shape index (κ2) is 8.98. The minimum Gasteiger partial charge on any atom is -0.356 e. The molecule has 26 heavy (non-hydrogen) atoms. The van der Waals surface area contributed by atoms with Crippen LogP contribution in [0.25, 0.3) is 0 Å². The summed E-state index contributed by atoms with van der Waals surface area (Å²) in [6.07, 6.45) is 5.43. The molecule has 0 aliphatic carbocycles. The number of carbonyl (C=O) groups is 2. The molecule has 7 heteroatoms. The highest BCUT2D eigenvalue weighted by Gasteiger charge is 2.29. The first-order valence-electron chi connectivity index (χ1n) is 9.26. The fourth-order valence-electron chi connectivity index (χ4n) is 3.28. The number of hydrogen-bond acceptors (Lipinski definition) is 4. The first kappa shape index (κ1) is 18.6. The molecular formula is C19H26N4O2S. The predicted octanol–water partition coefficient (Wildman–Crippen LogP) is 2.77. The highest BCUT2D eigenvalue weighted by molar-refractivity contribution is 7.09. The van der Waals surface area contributed by atoms with Gasteiger partial charge in [-0.25, -0.2) is 0 Å². The van der Waals surface area contributed by atoms with Gasteiger partial charge in [-0.05, 0) is 30.4 Å². The molecule has 0 unspecified atom stereocenters. The van der Waals surface area contributed by atoms with Crippen LogP contribution in [0.15, 0.2) is 29.8 Å². The molecule has 6 nitrogen and oxygen atoms in total. The number of amides is 2. The van der Waals surface area contributed by atoms with Crippen LogP contribution < -0.4 is 5.32 Å². The van der Waals surface area contributed by atoms with Gasteiger partial charge in [0.15, 0.2) is 0 Å². The van der Waals surface area contributed by atoms with Crippen molar-refractivity contribution in [2.75, 3.05) is 13.1 Å². The molecule has 2 aromatic rings. The van der Waals surface area contributed by atoms with E-state index < -0.39 is 0 Å². The van der Waals surface area contributed by atoms with E-state index >= 15 is 0 Å². The summed E-state index contributed by atoms with van der Waals surface area (Å²) in [7, 11) is 0. The van der Waals surface area contributed by atoms with Gasteiger partial charge in [-0.3, -0.25) is 14.3 Å². The van der Waals surface area contributed by atoms with Crippen molar-refractivity contribution in [1.29, 1.82) is 0 Å². The third-order valence-corrected chi connectivity index (χ3v) is 5.61. The maximum Gasteiger partial charge on any atom is 0.222 e. The van der Waals surface area contributed by atoms with Crippen LogP contribution in [-0.2, 0) is 22.6 Å². The molecule has 1 aliphatic heterocycles. The maximum atomic E-state index is 12.4. The zero-order valence-corrected chi connectivity index (χ0v) is 16.0. The SMILES string of the molecule is CCCCC(=O)N1Cc2ccnn2[C@H](CC(=O)NCCc2cccs2)C1. The van der Waals surface area contributed by atoms with E-state index in [4.69, 9.17) is 0 Å². The monoisotopic (exact) mass is 374 g/mol. The topological polar surface area (TPSA) is 67.2 Å². The van der Waals surface area contributed by atoms with Crippen molar-refractivity contribution in [1.82, 2.24) is 20.0 Å². The van der Waals surface area contributed by atoms with Crippen molar-refractivity contribution in [3.63, 3.8) is 0 Å². The Kier molecular flexibility index (Phi) is 6.44. The summed E-state index contributed by atoms with van der Waals surface area (Å²) >= 11 is 1.70. The molecule has 3 rings (SSSR count). The first-order chi connectivity index (χ1) is 12.7. The van der Waals surface area contributed by atoms with Gasteiger partial charge < -0.3 is 10.2 Å². The Morgan fingerprint density at radius 3 is 3.04 bits per heavy atom. The Bertz CT molecular complexity index is 726. The molecule has 2 aromatic heterocycles. The normalized spacial score (nSPS) is 16.3. The molecule has 0 saturated heterocycles. The van der Waals surface area contributed by atoms with E-state index in [9.17, 15) is 9.59 Å². The number of fused-ring (bicyclic) bond motifs is 1. The van der Waals surface area contributed by atoms with E-state index in [0.717, 1.165) is 25.0 Å². The number of rotatable bonds is 8. The Balaban J connectivity index is 1.55. The zero-order chi connectivity index (χ0) is 18.4. The average Bonchev–Trinajstić information content (AvgIpc) is 3.31. The molecule has 1 N–H and O–H groups in total. The molecule has 3 heterocycles. The number of aromatic nitrogens is 2. The standard InChI is InChI=1S/C19H26N4O2S/c1-2-3-6-19(25)22-13-15-7-10-21-23(15)16(14-22)12-18(24)20-9-8-17-5-4-11-26-17/h4-5,7,10-11,16H,2-3,6,8-9,12-14H2,1H3,(H,20,24)/t16-/m1/s1. The smallest absolute Gasteiger partial charge is 0.222 e. The molecule has 1 aliphatic rings. The highest BCUT2D eigenvalue weighted by Crippen LogP contribution is 2.23. The van der Waals surface area contributed by atoms with Crippen LogP contribution in [0.5, 0.6) is 0 Å². The largest absolute Gasteiger partial charge is 0.356 e. The molecule has 2 amide bonds. The summed E-state index contributed by atoms with van der Waals surface area (Å²) < 4.78 is 1.91. The third kappa shape index (κ3) is 4.72. The highest BCUT2D eigenvalue weighted by atomic mass is 32.1. The van der Waals surface area contributed by atoms with Gasteiger partial charge in [0.1, 0.15) is 0 Å². The van der Waals surface area contributed by atoms with Gasteiger partial charge in [-0.15, -0.1) is 11.3 Å². The molecule has 0 radical (unpaired) electrons. The minimum atomic E-state index is -0.0962. The maximum absolute atomic E-state index is 12.4. The van der Waals surface area contributed by atoms with Crippen molar-refractivity contribution in [3.05, 3.63) is 40.3 Å². The zero-order valence-electron chi connectivity index (χ0n) is 15.2. The summed E-state index contributed by atoms with van der Waals surface area (Å²) in [6.45, 7) is 3.85. The fourth-order valence-corrected chi connectivity index (χ4v) is 3.99. The van der Waals surface area contributed by atoms with E-state index in [0.29, 0.717) is 32.5 Å². The summed E-state index contributed by atoms with van der Waals surface area (Å²) in [5.41, 5.74) is 0.998. The van der Waals surface area contributed by atoms with Crippen LogP contribution in [0.2, 0.25) is 0 Å². The molecule has 0 fully saturated rings. The van der Waals surface area contributed by atoms with Gasteiger partial charge in [0, 0.05) is 30.6 Å². The lowest BCUT2D eigenvalue weighted by atomic mass is 10.1. The van der Waals surface area contributed by atoms with Crippen LogP contribution in [0, 0.1) is 0 Å². The Hall–Kier alpha value is -2.15. The minimum absolute atomic E-state index is 0.0101. The Morgan fingerprint density at radius 2 is 2.27 bits per heavy atom. The summed E-state index contributed by atoms with van der Waals surface area (Å²) in [5.74, 6) is 0.179. The lowest BCUT2D eigenvalue weighted by molar-refractivity contribution is -0.134. The summed E-state index contributed by atoms with van der Waals surface area (Å²) in [5, 5.41) is 9.41. The number of nitrogens with zero attached hydrogens (tertiary/aromatic N) is 3. The third-order valence-electron chi connectivity index (χ3n) is 4.67. The van der Waals surface area contributed by atoms with Crippen LogP contribution in [-0.4, -0.2) is 39.6 Å². The van der Waals surface area contributed by atoms with Crippen LogP contribution in [0.4, 0.5) is 0 Å². The molecule has 0 aromatic carbocycles. The molecular weight excluding hydrogens is 348 g/mol. The second-order valence-corrected chi connectivity index (χ2v) is 7.71. The molecule has 0 spiro atoms. The van der Waals surface area contributed by atoms with E-state index in [1.165, 1.54) is 4.88 Å². The second-order valence-electron chi connectivity index (χ2n) is 6.68. The van der Waals surface area contributed by atoms with Gasteiger partial charge >= 0.3 is 0 Å². The quantitative estimate of drug-likeness (QED) is 0.773. The number of hydrogen-bond donors (Lipinski definition) is 1. The summed E-state index contributed by atoms with van der Waals surface area (Å²) in [4.78, 5) is 27.9. The van der Waals surface area contributed by atoms with E-state index in [2.05, 4.69) is 23.4 Å². The van der Waals surface area contributed by atoms with E-state index in [-0.39, 0.29) is 17.9 Å². The van der Waals surface area contributed by atoms with Crippen molar-refractivity contribution in [2.45, 2.75) is 51.6 Å². The van der Waals surface area contributed by atoms with Gasteiger partial charge in [0.05, 0.1) is 24.7 Å². The van der Waals surface area contributed by atoms with E-state index in [1.54, 1.807) is 17.5 Å².